The fourth-order valence-corrected chi connectivity index (χ4v) is 4.03. The van der Waals surface area contributed by atoms with Crippen LogP contribution in [0.3, 0.4) is 0 Å². The summed E-state index contributed by atoms with van der Waals surface area (Å²) < 4.78 is 11.6. The molecule has 4 rings (SSSR count). The van der Waals surface area contributed by atoms with Gasteiger partial charge in [0.15, 0.2) is 5.17 Å². The number of aliphatic imine (C=N–C) groups is 1. The molecule has 1 aliphatic heterocycles. The lowest BCUT2D eigenvalue weighted by atomic mass is 10.2. The van der Waals surface area contributed by atoms with E-state index in [2.05, 4.69) is 26.3 Å². The van der Waals surface area contributed by atoms with E-state index in [-0.39, 0.29) is 6.10 Å². The molecule has 3 aromatic rings. The molecule has 0 spiro atoms. The first-order valence-corrected chi connectivity index (χ1v) is 11.3. The fraction of sp³-hybridized carbons (Fsp3) is 0.348. The van der Waals surface area contributed by atoms with Gasteiger partial charge in [-0.3, -0.25) is 9.88 Å². The third-order valence-corrected chi connectivity index (χ3v) is 5.67. The molecule has 0 saturated heterocycles. The monoisotopic (exact) mass is 437 g/mol. The van der Waals surface area contributed by atoms with E-state index in [0.717, 1.165) is 41.1 Å². The van der Waals surface area contributed by atoms with Crippen LogP contribution in [0.4, 0.5) is 0 Å². The zero-order valence-corrected chi connectivity index (χ0v) is 18.9. The summed E-state index contributed by atoms with van der Waals surface area (Å²) in [4.78, 5) is 15.7. The van der Waals surface area contributed by atoms with Gasteiger partial charge in [-0.2, -0.15) is 0 Å². The minimum atomic E-state index is 0.150. The Balaban J connectivity index is 1.32. The van der Waals surface area contributed by atoms with E-state index >= 15 is 0 Å². The number of aromatic nitrogens is 2. The molecule has 0 aliphatic carbocycles. The molecule has 1 aliphatic rings. The maximum Gasteiger partial charge on any atom is 0.226 e. The van der Waals surface area contributed by atoms with Crippen LogP contribution in [0.2, 0.25) is 0 Å². The van der Waals surface area contributed by atoms with Crippen molar-refractivity contribution in [3.05, 3.63) is 65.8 Å². The van der Waals surface area contributed by atoms with Crippen molar-refractivity contribution in [3.63, 3.8) is 0 Å². The molecular formula is C23H27N5O2S. The highest BCUT2D eigenvalue weighted by atomic mass is 32.2. The van der Waals surface area contributed by atoms with Crippen LogP contribution in [0.25, 0.3) is 11.5 Å². The summed E-state index contributed by atoms with van der Waals surface area (Å²) in [5, 5.41) is 4.32. The summed E-state index contributed by atoms with van der Waals surface area (Å²) in [5.74, 6) is 3.01. The predicted octanol–water partition coefficient (Wildman–Crippen LogP) is 4.44. The van der Waals surface area contributed by atoms with Crippen LogP contribution >= 0.6 is 11.8 Å². The highest BCUT2D eigenvalue weighted by Crippen LogP contribution is 2.26. The van der Waals surface area contributed by atoms with Crippen molar-refractivity contribution < 1.29 is 9.15 Å². The van der Waals surface area contributed by atoms with Crippen LogP contribution in [0.5, 0.6) is 5.75 Å². The van der Waals surface area contributed by atoms with Gasteiger partial charge in [0.25, 0.3) is 0 Å². The molecule has 3 heterocycles. The first-order valence-electron chi connectivity index (χ1n) is 10.3. The van der Waals surface area contributed by atoms with E-state index in [9.17, 15) is 0 Å². The largest absolute Gasteiger partial charge is 0.491 e. The highest BCUT2D eigenvalue weighted by molar-refractivity contribution is 8.13. The van der Waals surface area contributed by atoms with Gasteiger partial charge < -0.3 is 14.5 Å². The van der Waals surface area contributed by atoms with Crippen LogP contribution in [-0.2, 0) is 12.3 Å². The lowest BCUT2D eigenvalue weighted by Gasteiger charge is -2.26. The van der Waals surface area contributed by atoms with E-state index < -0.39 is 0 Å². The smallest absolute Gasteiger partial charge is 0.226 e. The Morgan fingerprint density at radius 2 is 2.06 bits per heavy atom. The molecule has 0 saturated carbocycles. The first-order chi connectivity index (χ1) is 15.1. The van der Waals surface area contributed by atoms with Crippen molar-refractivity contribution in [2.75, 3.05) is 13.3 Å². The summed E-state index contributed by atoms with van der Waals surface area (Å²) in [7, 11) is 0. The Labute approximate surface area is 186 Å². The number of oxazole rings is 1. The number of hydrogen-bond donors (Lipinski definition) is 1. The zero-order valence-electron chi connectivity index (χ0n) is 18.0. The van der Waals surface area contributed by atoms with Gasteiger partial charge in [0, 0.05) is 30.3 Å². The molecule has 1 N–H and O–H groups in total. The number of nitrogens with one attached hydrogen (secondary N) is 1. The standard InChI is InChI=1S/C23H27N5O2S/c1-16(2)29-20-8-6-19(7-9-20)22-27-21(17(3)30-22)13-31-23-25-14-28(15-26-23)12-18-5-4-10-24-11-18/h4-11,16H,12-15H2,1-3H3,(H,25,26). The first kappa shape index (κ1) is 21.4. The molecule has 0 fully saturated rings. The summed E-state index contributed by atoms with van der Waals surface area (Å²) in [6, 6.07) is 11.9. The van der Waals surface area contributed by atoms with Crippen molar-refractivity contribution in [2.24, 2.45) is 4.99 Å². The zero-order chi connectivity index (χ0) is 21.6. The number of hydrogen-bond acceptors (Lipinski definition) is 8. The van der Waals surface area contributed by atoms with Gasteiger partial charge in [-0.25, -0.2) is 9.98 Å². The minimum Gasteiger partial charge on any atom is -0.491 e. The SMILES string of the molecule is Cc1oc(-c2ccc(OC(C)C)cc2)nc1CSC1=NCN(Cc2cccnc2)CN1. The number of benzene rings is 1. The van der Waals surface area contributed by atoms with E-state index in [1.165, 1.54) is 5.56 Å². The number of amidine groups is 1. The maximum absolute atomic E-state index is 5.91. The molecule has 0 unspecified atom stereocenters. The van der Waals surface area contributed by atoms with Crippen LogP contribution < -0.4 is 10.1 Å². The summed E-state index contributed by atoms with van der Waals surface area (Å²) in [5.41, 5.74) is 3.06. The number of nitrogens with zero attached hydrogens (tertiary/aromatic N) is 4. The van der Waals surface area contributed by atoms with Crippen molar-refractivity contribution in [1.29, 1.82) is 0 Å². The number of aryl methyl sites for hydroxylation is 1. The second kappa shape index (κ2) is 9.98. The number of thioether (sulfide) groups is 1. The van der Waals surface area contributed by atoms with Crippen LogP contribution in [0.1, 0.15) is 30.9 Å². The van der Waals surface area contributed by atoms with Crippen molar-refractivity contribution in [3.8, 4) is 17.2 Å². The third kappa shape index (κ3) is 5.86. The van der Waals surface area contributed by atoms with Gasteiger partial charge >= 0.3 is 0 Å². The van der Waals surface area contributed by atoms with Crippen molar-refractivity contribution in [2.45, 2.75) is 39.2 Å². The van der Waals surface area contributed by atoms with E-state index in [0.29, 0.717) is 18.3 Å². The molecule has 0 amide bonds. The predicted molar refractivity (Wildman–Crippen MR) is 124 cm³/mol. The number of pyridine rings is 1. The van der Waals surface area contributed by atoms with Crippen molar-refractivity contribution >= 4 is 16.9 Å². The van der Waals surface area contributed by atoms with Crippen LogP contribution in [0, 0.1) is 6.92 Å². The molecule has 0 bridgehead atoms. The van der Waals surface area contributed by atoms with Crippen LogP contribution in [-0.4, -0.2) is 39.5 Å². The van der Waals surface area contributed by atoms with Gasteiger partial charge in [0.2, 0.25) is 5.89 Å². The second-order valence-electron chi connectivity index (χ2n) is 7.63. The van der Waals surface area contributed by atoms with Gasteiger partial charge in [-0.15, -0.1) is 0 Å². The third-order valence-electron chi connectivity index (χ3n) is 4.71. The lowest BCUT2D eigenvalue weighted by Crippen LogP contribution is -2.41. The minimum absolute atomic E-state index is 0.150. The molecule has 162 valence electrons. The molecule has 2 aromatic heterocycles. The quantitative estimate of drug-likeness (QED) is 0.585. The van der Waals surface area contributed by atoms with Crippen molar-refractivity contribution in [1.82, 2.24) is 20.2 Å². The highest BCUT2D eigenvalue weighted by Gasteiger charge is 2.16. The van der Waals surface area contributed by atoms with Gasteiger partial charge in [-0.05, 0) is 56.7 Å². The summed E-state index contributed by atoms with van der Waals surface area (Å²) in [6.07, 6.45) is 3.83. The second-order valence-corrected chi connectivity index (χ2v) is 8.60. The van der Waals surface area contributed by atoms with E-state index in [1.54, 1.807) is 18.0 Å². The lowest BCUT2D eigenvalue weighted by molar-refractivity contribution is 0.242. The normalized spacial score (nSPS) is 14.4. The average molecular weight is 438 g/mol. The Morgan fingerprint density at radius 3 is 2.74 bits per heavy atom. The Morgan fingerprint density at radius 1 is 1.23 bits per heavy atom. The topological polar surface area (TPSA) is 75.8 Å². The summed E-state index contributed by atoms with van der Waals surface area (Å²) in [6.45, 7) is 8.23. The molecule has 31 heavy (non-hydrogen) atoms. The number of rotatable bonds is 7. The molecule has 0 radical (unpaired) electrons. The van der Waals surface area contributed by atoms with Gasteiger partial charge in [0.05, 0.1) is 25.1 Å². The molecule has 7 nitrogen and oxygen atoms in total. The van der Waals surface area contributed by atoms with E-state index in [1.807, 2.05) is 57.3 Å². The molecule has 1 aromatic carbocycles. The molecule has 8 heteroatoms. The van der Waals surface area contributed by atoms with E-state index in [4.69, 9.17) is 14.1 Å². The Bertz CT molecular complexity index is 1020. The number of ether oxygens (including phenoxy) is 1. The Kier molecular flexibility index (Phi) is 6.89. The van der Waals surface area contributed by atoms with Crippen LogP contribution in [0.15, 0.2) is 58.2 Å². The average Bonchev–Trinajstić information content (AvgIpc) is 3.14. The molecule has 0 atom stereocenters. The van der Waals surface area contributed by atoms with Gasteiger partial charge in [-0.1, -0.05) is 17.8 Å². The maximum atomic E-state index is 5.91. The summed E-state index contributed by atoms with van der Waals surface area (Å²) >= 11 is 1.65. The molecular weight excluding hydrogens is 410 g/mol. The van der Waals surface area contributed by atoms with Gasteiger partial charge in [0.1, 0.15) is 11.5 Å². The fourth-order valence-electron chi connectivity index (χ4n) is 3.17. The Hall–Kier alpha value is -2.84.